The molecule has 2 aromatic heterocycles. The first-order valence-corrected chi connectivity index (χ1v) is 8.14. The standard InChI is InChI=1S/C16H12N6O2S/c17-15-14(10-3-1-2-4-13(10)22(23)24)25-16(21-15)20-9-5-6-11-12(7-9)19-8-18-11/h1-8H,17H2,(H,18,19)(H,20,21). The second kappa shape index (κ2) is 5.87. The first-order chi connectivity index (χ1) is 12.1. The van der Waals surface area contributed by atoms with Gasteiger partial charge in [-0.05, 0) is 24.3 Å². The lowest BCUT2D eigenvalue weighted by Crippen LogP contribution is -1.93. The fourth-order valence-electron chi connectivity index (χ4n) is 2.54. The molecule has 4 N–H and O–H groups in total. The van der Waals surface area contributed by atoms with Gasteiger partial charge in [-0.15, -0.1) is 0 Å². The van der Waals surface area contributed by atoms with Crippen LogP contribution in [-0.4, -0.2) is 19.9 Å². The average molecular weight is 352 g/mol. The molecule has 2 aromatic carbocycles. The van der Waals surface area contributed by atoms with Crippen molar-refractivity contribution >= 4 is 44.7 Å². The largest absolute Gasteiger partial charge is 0.382 e. The van der Waals surface area contributed by atoms with Crippen molar-refractivity contribution in [3.63, 3.8) is 0 Å². The zero-order valence-corrected chi connectivity index (χ0v) is 13.6. The predicted octanol–water partition coefficient (Wildman–Crippen LogP) is 3.92. The number of nitrogens with two attached hydrogens (primary N) is 1. The monoisotopic (exact) mass is 352 g/mol. The Morgan fingerprint density at radius 3 is 2.92 bits per heavy atom. The maximum absolute atomic E-state index is 11.2. The van der Waals surface area contributed by atoms with Crippen molar-refractivity contribution < 1.29 is 4.92 Å². The number of fused-ring (bicyclic) bond motifs is 1. The Hall–Kier alpha value is -3.46. The molecule has 0 aliphatic heterocycles. The predicted molar refractivity (Wildman–Crippen MR) is 98.0 cm³/mol. The normalized spacial score (nSPS) is 10.9. The van der Waals surface area contributed by atoms with Crippen LogP contribution in [-0.2, 0) is 0 Å². The van der Waals surface area contributed by atoms with Crippen LogP contribution in [0.15, 0.2) is 48.8 Å². The minimum absolute atomic E-state index is 0.00304. The van der Waals surface area contributed by atoms with E-state index in [1.807, 2.05) is 18.2 Å². The van der Waals surface area contributed by atoms with E-state index in [2.05, 4.69) is 20.3 Å². The number of imidazole rings is 1. The topological polar surface area (TPSA) is 123 Å². The summed E-state index contributed by atoms with van der Waals surface area (Å²) >= 11 is 1.27. The van der Waals surface area contributed by atoms with Crippen LogP contribution in [0, 0.1) is 10.1 Å². The molecule has 0 bridgehead atoms. The summed E-state index contributed by atoms with van der Waals surface area (Å²) in [4.78, 5) is 22.9. The highest BCUT2D eigenvalue weighted by molar-refractivity contribution is 7.19. The van der Waals surface area contributed by atoms with Crippen molar-refractivity contribution in [3.8, 4) is 10.4 Å². The fourth-order valence-corrected chi connectivity index (χ4v) is 3.48. The van der Waals surface area contributed by atoms with Crippen LogP contribution in [0.2, 0.25) is 0 Å². The average Bonchev–Trinajstić information content (AvgIpc) is 3.20. The molecule has 25 heavy (non-hydrogen) atoms. The number of hydrogen-bond donors (Lipinski definition) is 3. The number of thiazole rings is 1. The van der Waals surface area contributed by atoms with Crippen molar-refractivity contribution in [2.24, 2.45) is 0 Å². The van der Waals surface area contributed by atoms with E-state index < -0.39 is 4.92 Å². The third kappa shape index (κ3) is 2.76. The summed E-state index contributed by atoms with van der Waals surface area (Å²) in [5.41, 5.74) is 9.03. The molecule has 0 unspecified atom stereocenters. The highest BCUT2D eigenvalue weighted by Gasteiger charge is 2.20. The molecule has 9 heteroatoms. The second-order valence-electron chi connectivity index (χ2n) is 5.27. The van der Waals surface area contributed by atoms with Gasteiger partial charge in [-0.2, -0.15) is 0 Å². The number of para-hydroxylation sites is 1. The van der Waals surface area contributed by atoms with Crippen LogP contribution in [0.25, 0.3) is 21.5 Å². The van der Waals surface area contributed by atoms with Gasteiger partial charge in [-0.1, -0.05) is 23.5 Å². The number of nitro benzene ring substituents is 1. The molecule has 8 nitrogen and oxygen atoms in total. The van der Waals surface area contributed by atoms with E-state index in [4.69, 9.17) is 5.73 Å². The van der Waals surface area contributed by atoms with Gasteiger partial charge in [0.15, 0.2) is 5.13 Å². The fraction of sp³-hybridized carbons (Fsp3) is 0. The number of hydrogen-bond acceptors (Lipinski definition) is 7. The number of rotatable bonds is 4. The van der Waals surface area contributed by atoms with E-state index in [1.54, 1.807) is 24.5 Å². The van der Waals surface area contributed by atoms with Gasteiger partial charge in [0.1, 0.15) is 5.82 Å². The van der Waals surface area contributed by atoms with E-state index in [0.717, 1.165) is 16.7 Å². The molecule has 4 aromatic rings. The smallest absolute Gasteiger partial charge is 0.278 e. The molecular weight excluding hydrogens is 340 g/mol. The molecule has 4 rings (SSSR count). The lowest BCUT2D eigenvalue weighted by molar-refractivity contribution is -0.384. The molecule has 124 valence electrons. The second-order valence-corrected chi connectivity index (χ2v) is 6.27. The van der Waals surface area contributed by atoms with Crippen molar-refractivity contribution in [1.82, 2.24) is 15.0 Å². The first-order valence-electron chi connectivity index (χ1n) is 7.32. The number of H-pyrrole nitrogens is 1. The molecule has 0 radical (unpaired) electrons. The number of benzene rings is 2. The summed E-state index contributed by atoms with van der Waals surface area (Å²) in [5, 5.41) is 15.0. The van der Waals surface area contributed by atoms with Crippen molar-refractivity contribution in [2.45, 2.75) is 0 Å². The van der Waals surface area contributed by atoms with Crippen LogP contribution < -0.4 is 11.1 Å². The Labute approximate surface area is 145 Å². The highest BCUT2D eigenvalue weighted by atomic mass is 32.1. The Morgan fingerprint density at radius 1 is 1.24 bits per heavy atom. The summed E-state index contributed by atoms with van der Waals surface area (Å²) in [6.45, 7) is 0. The molecule has 0 fully saturated rings. The lowest BCUT2D eigenvalue weighted by atomic mass is 10.1. The molecule has 2 heterocycles. The van der Waals surface area contributed by atoms with E-state index in [9.17, 15) is 10.1 Å². The maximum atomic E-state index is 11.2. The van der Waals surface area contributed by atoms with Crippen LogP contribution >= 0.6 is 11.3 Å². The summed E-state index contributed by atoms with van der Waals surface area (Å²) < 4.78 is 0. The van der Waals surface area contributed by atoms with E-state index in [-0.39, 0.29) is 11.5 Å². The zero-order chi connectivity index (χ0) is 17.4. The Morgan fingerprint density at radius 2 is 2.08 bits per heavy atom. The van der Waals surface area contributed by atoms with Crippen molar-refractivity contribution in [3.05, 3.63) is 58.9 Å². The van der Waals surface area contributed by atoms with Crippen LogP contribution in [0.5, 0.6) is 0 Å². The SMILES string of the molecule is Nc1nc(Nc2ccc3nc[nH]c3c2)sc1-c1ccccc1[N+](=O)[O-]. The molecule has 0 saturated carbocycles. The summed E-state index contributed by atoms with van der Waals surface area (Å²) in [6.07, 6.45) is 1.63. The van der Waals surface area contributed by atoms with Gasteiger partial charge in [-0.3, -0.25) is 10.1 Å². The molecule has 0 spiro atoms. The molecule has 0 saturated heterocycles. The van der Waals surface area contributed by atoms with Gasteiger partial charge >= 0.3 is 0 Å². The Bertz CT molecular complexity index is 1090. The van der Waals surface area contributed by atoms with Crippen molar-refractivity contribution in [2.75, 3.05) is 11.1 Å². The minimum Gasteiger partial charge on any atom is -0.382 e. The maximum Gasteiger partial charge on any atom is 0.278 e. The molecule has 0 atom stereocenters. The number of nitrogens with zero attached hydrogens (tertiary/aromatic N) is 3. The summed E-state index contributed by atoms with van der Waals surface area (Å²) in [7, 11) is 0. The van der Waals surface area contributed by atoms with Gasteiger partial charge in [-0.25, -0.2) is 9.97 Å². The first kappa shape index (κ1) is 15.1. The third-order valence-corrected chi connectivity index (χ3v) is 4.69. The number of aromatic amines is 1. The van der Waals surface area contributed by atoms with Crippen LogP contribution in [0.3, 0.4) is 0 Å². The van der Waals surface area contributed by atoms with Crippen molar-refractivity contribution in [1.29, 1.82) is 0 Å². The van der Waals surface area contributed by atoms with Crippen LogP contribution in [0.4, 0.5) is 22.3 Å². The van der Waals surface area contributed by atoms with E-state index in [0.29, 0.717) is 15.6 Å². The van der Waals surface area contributed by atoms with Gasteiger partial charge in [0.05, 0.1) is 32.7 Å². The van der Waals surface area contributed by atoms with Gasteiger partial charge in [0.2, 0.25) is 0 Å². The third-order valence-electron chi connectivity index (χ3n) is 3.67. The number of nitrogen functional groups attached to an aromatic ring is 1. The Balaban J connectivity index is 1.70. The molecular formula is C16H12N6O2S. The number of nitrogens with one attached hydrogen (secondary N) is 2. The highest BCUT2D eigenvalue weighted by Crippen LogP contribution is 2.40. The molecule has 0 aliphatic carbocycles. The number of anilines is 3. The number of aromatic nitrogens is 3. The van der Waals surface area contributed by atoms with Gasteiger partial charge in [0, 0.05) is 11.8 Å². The number of nitro groups is 1. The minimum atomic E-state index is -0.423. The van der Waals surface area contributed by atoms with Crippen LogP contribution in [0.1, 0.15) is 0 Å². The molecule has 0 aliphatic rings. The quantitative estimate of drug-likeness (QED) is 0.378. The molecule has 0 amide bonds. The van der Waals surface area contributed by atoms with Gasteiger partial charge < -0.3 is 16.0 Å². The van der Waals surface area contributed by atoms with E-state index >= 15 is 0 Å². The van der Waals surface area contributed by atoms with E-state index in [1.165, 1.54) is 17.4 Å². The van der Waals surface area contributed by atoms with Gasteiger partial charge in [0.25, 0.3) is 5.69 Å². The summed E-state index contributed by atoms with van der Waals surface area (Å²) in [6, 6.07) is 12.2. The zero-order valence-electron chi connectivity index (χ0n) is 12.8. The summed E-state index contributed by atoms with van der Waals surface area (Å²) in [5.74, 6) is 0.254. The lowest BCUT2D eigenvalue weighted by Gasteiger charge is -2.02. The Kier molecular flexibility index (Phi) is 3.55.